The molecule has 114 valence electrons. The Kier molecular flexibility index (Phi) is 4.00. The number of nitrogens with zero attached hydrogens (tertiary/aromatic N) is 3. The van der Waals surface area contributed by atoms with Crippen LogP contribution in [0.15, 0.2) is 41.5 Å². The van der Waals surface area contributed by atoms with E-state index in [0.29, 0.717) is 12.5 Å². The van der Waals surface area contributed by atoms with E-state index in [2.05, 4.69) is 15.4 Å². The molecule has 1 saturated carbocycles. The standard InChI is InChI=1S/C16H18N4O2/c1-11(16(22)18-10-12-6-8-17-9-7-12)20-15(21)5-4-14(19-20)13-2-3-13/h4-9,11,13H,2-3,10H2,1H3,(H,18,22). The SMILES string of the molecule is CC(C(=O)NCc1ccncc1)n1nc(C2CC2)ccc1=O. The van der Waals surface area contributed by atoms with Gasteiger partial charge in [-0.25, -0.2) is 4.68 Å². The van der Waals surface area contributed by atoms with Crippen molar-refractivity contribution in [3.63, 3.8) is 0 Å². The Morgan fingerprint density at radius 1 is 1.32 bits per heavy atom. The summed E-state index contributed by atoms with van der Waals surface area (Å²) in [5.41, 5.74) is 1.60. The lowest BCUT2D eigenvalue weighted by Crippen LogP contribution is -2.37. The van der Waals surface area contributed by atoms with Crippen molar-refractivity contribution >= 4 is 5.91 Å². The van der Waals surface area contributed by atoms with Gasteiger partial charge in [-0.2, -0.15) is 5.10 Å². The van der Waals surface area contributed by atoms with Crippen molar-refractivity contribution in [3.05, 3.63) is 58.3 Å². The highest BCUT2D eigenvalue weighted by Crippen LogP contribution is 2.38. The highest BCUT2D eigenvalue weighted by atomic mass is 16.2. The number of hydrogen-bond donors (Lipinski definition) is 1. The van der Waals surface area contributed by atoms with Gasteiger partial charge in [0.05, 0.1) is 5.69 Å². The summed E-state index contributed by atoms with van der Waals surface area (Å²) in [7, 11) is 0. The molecule has 1 N–H and O–H groups in total. The van der Waals surface area contributed by atoms with Crippen molar-refractivity contribution in [3.8, 4) is 0 Å². The first-order valence-electron chi connectivity index (χ1n) is 7.41. The largest absolute Gasteiger partial charge is 0.350 e. The minimum absolute atomic E-state index is 0.223. The predicted octanol–water partition coefficient (Wildman–Crippen LogP) is 1.39. The summed E-state index contributed by atoms with van der Waals surface area (Å²) < 4.78 is 1.27. The first-order valence-corrected chi connectivity index (χ1v) is 7.41. The Morgan fingerprint density at radius 3 is 2.73 bits per heavy atom. The van der Waals surface area contributed by atoms with Crippen LogP contribution >= 0.6 is 0 Å². The number of carbonyl (C=O) groups excluding carboxylic acids is 1. The van der Waals surface area contributed by atoms with E-state index in [4.69, 9.17) is 0 Å². The molecule has 3 rings (SSSR count). The molecule has 22 heavy (non-hydrogen) atoms. The zero-order valence-corrected chi connectivity index (χ0v) is 12.4. The molecule has 2 aromatic rings. The van der Waals surface area contributed by atoms with Gasteiger partial charge in [-0.15, -0.1) is 0 Å². The van der Waals surface area contributed by atoms with E-state index in [1.54, 1.807) is 25.4 Å². The number of rotatable bonds is 5. The molecule has 2 aromatic heterocycles. The summed E-state index contributed by atoms with van der Waals surface area (Å²) in [6, 6.07) is 6.30. The van der Waals surface area contributed by atoms with Crippen LogP contribution in [0, 0.1) is 0 Å². The molecule has 0 spiro atoms. The third-order valence-electron chi connectivity index (χ3n) is 3.80. The smallest absolute Gasteiger partial charge is 0.267 e. The van der Waals surface area contributed by atoms with E-state index in [0.717, 1.165) is 24.1 Å². The maximum atomic E-state index is 12.2. The van der Waals surface area contributed by atoms with Gasteiger partial charge in [-0.3, -0.25) is 14.6 Å². The first kappa shape index (κ1) is 14.4. The number of carbonyl (C=O) groups is 1. The number of amides is 1. The third kappa shape index (κ3) is 3.21. The Hall–Kier alpha value is -2.50. The van der Waals surface area contributed by atoms with Crippen molar-refractivity contribution in [1.82, 2.24) is 20.1 Å². The quantitative estimate of drug-likeness (QED) is 0.905. The van der Waals surface area contributed by atoms with E-state index < -0.39 is 6.04 Å². The van der Waals surface area contributed by atoms with Gasteiger partial charge in [0.15, 0.2) is 0 Å². The highest BCUT2D eigenvalue weighted by Gasteiger charge is 2.27. The van der Waals surface area contributed by atoms with Crippen molar-refractivity contribution in [1.29, 1.82) is 0 Å². The Morgan fingerprint density at radius 2 is 2.05 bits per heavy atom. The molecular formula is C16H18N4O2. The summed E-state index contributed by atoms with van der Waals surface area (Å²) >= 11 is 0. The van der Waals surface area contributed by atoms with Gasteiger partial charge in [0, 0.05) is 30.9 Å². The molecule has 6 heteroatoms. The highest BCUT2D eigenvalue weighted by molar-refractivity contribution is 5.79. The van der Waals surface area contributed by atoms with Crippen LogP contribution in [-0.2, 0) is 11.3 Å². The second-order valence-corrected chi connectivity index (χ2v) is 5.56. The number of nitrogens with one attached hydrogen (secondary N) is 1. The Labute approximate surface area is 128 Å². The molecule has 1 atom stereocenters. The summed E-state index contributed by atoms with van der Waals surface area (Å²) in [5.74, 6) is 0.221. The van der Waals surface area contributed by atoms with Crippen LogP contribution in [0.3, 0.4) is 0 Å². The van der Waals surface area contributed by atoms with Gasteiger partial charge in [-0.05, 0) is 43.5 Å². The van der Waals surface area contributed by atoms with E-state index in [1.165, 1.54) is 10.7 Å². The minimum Gasteiger partial charge on any atom is -0.350 e. The fraction of sp³-hybridized carbons (Fsp3) is 0.375. The van der Waals surface area contributed by atoms with Gasteiger partial charge in [0.2, 0.25) is 5.91 Å². The van der Waals surface area contributed by atoms with Crippen molar-refractivity contribution in [2.45, 2.75) is 38.3 Å². The molecule has 6 nitrogen and oxygen atoms in total. The van der Waals surface area contributed by atoms with E-state index in [-0.39, 0.29) is 11.5 Å². The second-order valence-electron chi connectivity index (χ2n) is 5.56. The van der Waals surface area contributed by atoms with Crippen LogP contribution < -0.4 is 10.9 Å². The predicted molar refractivity (Wildman–Crippen MR) is 81.3 cm³/mol. The third-order valence-corrected chi connectivity index (χ3v) is 3.80. The lowest BCUT2D eigenvalue weighted by atomic mass is 10.2. The van der Waals surface area contributed by atoms with E-state index >= 15 is 0 Å². The van der Waals surface area contributed by atoms with Gasteiger partial charge < -0.3 is 5.32 Å². The molecule has 0 saturated heterocycles. The van der Waals surface area contributed by atoms with Crippen LogP contribution in [0.1, 0.15) is 43.0 Å². The van der Waals surface area contributed by atoms with Gasteiger partial charge in [-0.1, -0.05) is 0 Å². The fourth-order valence-electron chi connectivity index (χ4n) is 2.26. The molecule has 1 aliphatic rings. The van der Waals surface area contributed by atoms with Gasteiger partial charge in [0.25, 0.3) is 5.56 Å². The van der Waals surface area contributed by atoms with Gasteiger partial charge in [0.1, 0.15) is 6.04 Å². The van der Waals surface area contributed by atoms with E-state index in [1.807, 2.05) is 12.1 Å². The summed E-state index contributed by atoms with van der Waals surface area (Å²) in [5, 5.41) is 7.17. The topological polar surface area (TPSA) is 76.9 Å². The van der Waals surface area contributed by atoms with E-state index in [9.17, 15) is 9.59 Å². The van der Waals surface area contributed by atoms with Crippen molar-refractivity contribution < 1.29 is 4.79 Å². The normalized spacial score (nSPS) is 15.3. The maximum absolute atomic E-state index is 12.2. The van der Waals surface area contributed by atoms with Gasteiger partial charge >= 0.3 is 0 Å². The molecule has 1 unspecified atom stereocenters. The molecule has 0 bridgehead atoms. The average molecular weight is 298 g/mol. The summed E-state index contributed by atoms with van der Waals surface area (Å²) in [6.07, 6.45) is 5.56. The minimum atomic E-state index is -0.631. The number of hydrogen-bond acceptors (Lipinski definition) is 4. The molecule has 0 aromatic carbocycles. The number of pyridine rings is 1. The fourth-order valence-corrected chi connectivity index (χ4v) is 2.26. The van der Waals surface area contributed by atoms with Crippen molar-refractivity contribution in [2.75, 3.05) is 0 Å². The molecular weight excluding hydrogens is 280 g/mol. The Bertz CT molecular complexity index is 722. The second kappa shape index (κ2) is 6.09. The lowest BCUT2D eigenvalue weighted by Gasteiger charge is -2.14. The molecule has 0 radical (unpaired) electrons. The summed E-state index contributed by atoms with van der Waals surface area (Å²) in [4.78, 5) is 28.1. The average Bonchev–Trinajstić information content (AvgIpc) is 3.38. The molecule has 1 amide bonds. The van der Waals surface area contributed by atoms with Crippen LogP contribution in [0.4, 0.5) is 0 Å². The molecule has 2 heterocycles. The van der Waals surface area contributed by atoms with Crippen molar-refractivity contribution in [2.24, 2.45) is 0 Å². The van der Waals surface area contributed by atoms with Crippen LogP contribution in [0.5, 0.6) is 0 Å². The Balaban J connectivity index is 1.70. The first-order chi connectivity index (χ1) is 10.6. The maximum Gasteiger partial charge on any atom is 0.267 e. The molecule has 1 fully saturated rings. The zero-order valence-electron chi connectivity index (χ0n) is 12.4. The van der Waals surface area contributed by atoms with Crippen LogP contribution in [-0.4, -0.2) is 20.7 Å². The van der Waals surface area contributed by atoms with Crippen LogP contribution in [0.25, 0.3) is 0 Å². The monoisotopic (exact) mass is 298 g/mol. The number of aromatic nitrogens is 3. The molecule has 0 aliphatic heterocycles. The zero-order chi connectivity index (χ0) is 15.5. The van der Waals surface area contributed by atoms with Crippen LogP contribution in [0.2, 0.25) is 0 Å². The lowest BCUT2D eigenvalue weighted by molar-refractivity contribution is -0.124. The molecule has 1 aliphatic carbocycles. The summed E-state index contributed by atoms with van der Waals surface area (Å²) in [6.45, 7) is 2.09.